The van der Waals surface area contributed by atoms with Gasteiger partial charge in [-0.2, -0.15) is 0 Å². The van der Waals surface area contributed by atoms with Crippen LogP contribution in [0.25, 0.3) is 0 Å². The molecule has 4 heteroatoms. The lowest BCUT2D eigenvalue weighted by Gasteiger charge is -2.22. The number of fused-ring (bicyclic) bond motifs is 1. The second kappa shape index (κ2) is 7.55. The van der Waals surface area contributed by atoms with Crippen molar-refractivity contribution in [1.82, 2.24) is 0 Å². The molecule has 3 rings (SSSR count). The molecule has 26 heavy (non-hydrogen) atoms. The predicted octanol–water partition coefficient (Wildman–Crippen LogP) is 5.42. The van der Waals surface area contributed by atoms with Crippen molar-refractivity contribution in [2.45, 2.75) is 40.2 Å². The van der Waals surface area contributed by atoms with Crippen LogP contribution in [0.5, 0.6) is 0 Å². The quantitative estimate of drug-likeness (QED) is 0.714. The molecule has 0 radical (unpaired) electrons. The first-order valence-corrected chi connectivity index (χ1v) is 9.29. The number of amides is 1. The highest BCUT2D eigenvalue weighted by Gasteiger charge is 2.24. The number of rotatable bonds is 5. The molecule has 1 aliphatic rings. The van der Waals surface area contributed by atoms with Crippen LogP contribution in [-0.4, -0.2) is 12.5 Å². The second-order valence-corrected chi connectivity index (χ2v) is 7.61. The molecule has 0 aromatic heterocycles. The van der Waals surface area contributed by atoms with Crippen molar-refractivity contribution < 1.29 is 4.79 Å². The van der Waals surface area contributed by atoms with E-state index in [1.807, 2.05) is 25.1 Å². The Labute approximate surface area is 160 Å². The van der Waals surface area contributed by atoms with Gasteiger partial charge in [-0.05, 0) is 67.6 Å². The van der Waals surface area contributed by atoms with Gasteiger partial charge < -0.3 is 10.2 Å². The van der Waals surface area contributed by atoms with Crippen molar-refractivity contribution in [3.05, 3.63) is 69.8 Å². The smallest absolute Gasteiger partial charge is 0.228 e. The Morgan fingerprint density at radius 2 is 2.08 bits per heavy atom. The van der Waals surface area contributed by atoms with Gasteiger partial charge in [-0.3, -0.25) is 4.79 Å². The van der Waals surface area contributed by atoms with E-state index in [0.29, 0.717) is 6.42 Å². The van der Waals surface area contributed by atoms with E-state index in [9.17, 15) is 4.79 Å². The van der Waals surface area contributed by atoms with Crippen molar-refractivity contribution >= 4 is 28.9 Å². The first-order valence-electron chi connectivity index (χ1n) is 8.92. The van der Waals surface area contributed by atoms with Gasteiger partial charge in [0, 0.05) is 35.9 Å². The maximum Gasteiger partial charge on any atom is 0.228 e. The Kier molecular flexibility index (Phi) is 5.38. The van der Waals surface area contributed by atoms with Crippen LogP contribution in [0.1, 0.15) is 35.6 Å². The maximum absolute atomic E-state index is 12.2. The van der Waals surface area contributed by atoms with Gasteiger partial charge in [-0.1, -0.05) is 35.9 Å². The largest absolute Gasteiger partial charge is 0.367 e. The van der Waals surface area contributed by atoms with Gasteiger partial charge in [0.25, 0.3) is 0 Å². The van der Waals surface area contributed by atoms with E-state index in [4.69, 9.17) is 11.6 Å². The summed E-state index contributed by atoms with van der Waals surface area (Å²) in [5.41, 5.74) is 7.87. The highest BCUT2D eigenvalue weighted by molar-refractivity contribution is 6.30. The molecule has 0 bridgehead atoms. The molecule has 0 fully saturated rings. The fraction of sp³-hybridized carbons (Fsp3) is 0.318. The Hall–Kier alpha value is -2.26. The lowest BCUT2D eigenvalue weighted by molar-refractivity contribution is -0.115. The van der Waals surface area contributed by atoms with Gasteiger partial charge in [0.2, 0.25) is 5.91 Å². The normalized spacial score (nSPS) is 12.8. The van der Waals surface area contributed by atoms with Crippen molar-refractivity contribution in [1.29, 1.82) is 0 Å². The summed E-state index contributed by atoms with van der Waals surface area (Å²) in [7, 11) is 0. The first-order chi connectivity index (χ1) is 12.3. The topological polar surface area (TPSA) is 32.3 Å². The highest BCUT2D eigenvalue weighted by Crippen LogP contribution is 2.38. The molecule has 0 atom stereocenters. The molecule has 3 nitrogen and oxygen atoms in total. The Balaban J connectivity index is 1.85. The molecule has 0 aliphatic carbocycles. The zero-order valence-electron chi connectivity index (χ0n) is 15.7. The van der Waals surface area contributed by atoms with Gasteiger partial charge in [-0.25, -0.2) is 0 Å². The number of anilines is 2. The molecule has 2 aromatic carbocycles. The predicted molar refractivity (Wildman–Crippen MR) is 110 cm³/mol. The Bertz CT molecular complexity index is 873. The van der Waals surface area contributed by atoms with Crippen molar-refractivity contribution in [2.24, 2.45) is 0 Å². The molecule has 1 amide bonds. The molecule has 0 unspecified atom stereocenters. The number of halogens is 1. The number of benzene rings is 2. The van der Waals surface area contributed by atoms with Crippen LogP contribution in [0.4, 0.5) is 11.4 Å². The third kappa shape index (κ3) is 3.94. The summed E-state index contributed by atoms with van der Waals surface area (Å²) in [5.74, 6) is -0.00238. The van der Waals surface area contributed by atoms with E-state index < -0.39 is 0 Å². The maximum atomic E-state index is 12.2. The lowest BCUT2D eigenvalue weighted by Crippen LogP contribution is -2.20. The Morgan fingerprint density at radius 3 is 2.77 bits per heavy atom. The van der Waals surface area contributed by atoms with E-state index in [-0.39, 0.29) is 5.91 Å². The molecule has 1 N–H and O–H groups in total. The van der Waals surface area contributed by atoms with Gasteiger partial charge in [0.05, 0.1) is 0 Å². The van der Waals surface area contributed by atoms with Crippen LogP contribution in [0.3, 0.4) is 0 Å². The minimum absolute atomic E-state index is 0.00238. The van der Waals surface area contributed by atoms with E-state index >= 15 is 0 Å². The summed E-state index contributed by atoms with van der Waals surface area (Å²) in [6.45, 7) is 11.7. The van der Waals surface area contributed by atoms with Gasteiger partial charge in [0.15, 0.2) is 0 Å². The van der Waals surface area contributed by atoms with E-state index in [1.165, 1.54) is 22.4 Å². The number of nitrogens with zero attached hydrogens (tertiary/aromatic N) is 1. The van der Waals surface area contributed by atoms with Gasteiger partial charge >= 0.3 is 0 Å². The number of aryl methyl sites for hydroxylation is 1. The SMILES string of the molecule is C=C(C)CC(=O)Nc1c(C)cc2c(c1C)CCN2Cc1cccc(Cl)c1. The summed E-state index contributed by atoms with van der Waals surface area (Å²) < 4.78 is 0. The van der Waals surface area contributed by atoms with Gasteiger partial charge in [0.1, 0.15) is 0 Å². The first kappa shape index (κ1) is 18.5. The summed E-state index contributed by atoms with van der Waals surface area (Å²) in [6.07, 6.45) is 1.35. The molecule has 2 aromatic rings. The minimum Gasteiger partial charge on any atom is -0.367 e. The third-order valence-corrected chi connectivity index (χ3v) is 5.08. The van der Waals surface area contributed by atoms with Crippen molar-refractivity contribution in [2.75, 3.05) is 16.8 Å². The molecule has 0 saturated carbocycles. The average Bonchev–Trinajstić information content (AvgIpc) is 2.93. The second-order valence-electron chi connectivity index (χ2n) is 7.17. The number of hydrogen-bond acceptors (Lipinski definition) is 2. The molecule has 1 aliphatic heterocycles. The number of nitrogens with one attached hydrogen (secondary N) is 1. The van der Waals surface area contributed by atoms with Crippen molar-refractivity contribution in [3.8, 4) is 0 Å². The zero-order valence-corrected chi connectivity index (χ0v) is 16.4. The summed E-state index contributed by atoms with van der Waals surface area (Å²) in [6, 6.07) is 10.2. The fourth-order valence-corrected chi connectivity index (χ4v) is 3.85. The van der Waals surface area contributed by atoms with E-state index in [0.717, 1.165) is 41.4 Å². The summed E-state index contributed by atoms with van der Waals surface area (Å²) in [5, 5.41) is 3.84. The summed E-state index contributed by atoms with van der Waals surface area (Å²) in [4.78, 5) is 14.6. The molecule has 0 spiro atoms. The average molecular weight is 369 g/mol. The van der Waals surface area contributed by atoms with Crippen LogP contribution in [-0.2, 0) is 17.8 Å². The monoisotopic (exact) mass is 368 g/mol. The molecular weight excluding hydrogens is 344 g/mol. The Morgan fingerprint density at radius 1 is 1.31 bits per heavy atom. The van der Waals surface area contributed by atoms with Crippen LogP contribution in [0, 0.1) is 13.8 Å². The number of carbonyl (C=O) groups is 1. The van der Waals surface area contributed by atoms with Crippen LogP contribution >= 0.6 is 11.6 Å². The fourth-order valence-electron chi connectivity index (χ4n) is 3.64. The third-order valence-electron chi connectivity index (χ3n) is 4.85. The van der Waals surface area contributed by atoms with Crippen molar-refractivity contribution in [3.63, 3.8) is 0 Å². The lowest BCUT2D eigenvalue weighted by atomic mass is 9.99. The number of hydrogen-bond donors (Lipinski definition) is 1. The molecule has 0 saturated heterocycles. The minimum atomic E-state index is -0.00238. The number of carbonyl (C=O) groups excluding carboxylic acids is 1. The van der Waals surface area contributed by atoms with Crippen LogP contribution in [0.15, 0.2) is 42.5 Å². The molecular formula is C22H25ClN2O. The summed E-state index contributed by atoms with van der Waals surface area (Å²) >= 11 is 6.12. The van der Waals surface area contributed by atoms with E-state index in [1.54, 1.807) is 0 Å². The molecule has 1 heterocycles. The van der Waals surface area contributed by atoms with Crippen LogP contribution < -0.4 is 10.2 Å². The van der Waals surface area contributed by atoms with E-state index in [2.05, 4.69) is 42.8 Å². The van der Waals surface area contributed by atoms with Crippen LogP contribution in [0.2, 0.25) is 5.02 Å². The zero-order chi connectivity index (χ0) is 18.8. The highest BCUT2D eigenvalue weighted by atomic mass is 35.5. The standard InChI is InChI=1S/C22H25ClN2O/c1-14(2)10-21(26)24-22-15(3)11-20-19(16(22)4)8-9-25(20)13-17-6-5-7-18(23)12-17/h5-7,11-12H,1,8-10,13H2,2-4H3,(H,24,26). The molecule has 136 valence electrons. The van der Waals surface area contributed by atoms with Gasteiger partial charge in [-0.15, -0.1) is 0 Å².